The van der Waals surface area contributed by atoms with Gasteiger partial charge < -0.3 is 4.74 Å². The van der Waals surface area contributed by atoms with E-state index in [2.05, 4.69) is 6.58 Å². The van der Waals surface area contributed by atoms with Gasteiger partial charge in [0.1, 0.15) is 10.8 Å². The second-order valence-corrected chi connectivity index (χ2v) is 2.62. The maximum absolute atomic E-state index is 5.77. The second kappa shape index (κ2) is 3.65. The lowest BCUT2D eigenvalue weighted by molar-refractivity contribution is 0.484. The Hall–Kier alpha value is -0.660. The largest absolute Gasteiger partial charge is 0.464 e. The third-order valence-electron chi connectivity index (χ3n) is 1.13. The van der Waals surface area contributed by atoms with Crippen LogP contribution in [0.15, 0.2) is 31.0 Å². The second-order valence-electron chi connectivity index (χ2n) is 1.84. The summed E-state index contributed by atoms with van der Waals surface area (Å²) in [5.41, 5.74) is 0. The van der Waals surface area contributed by atoms with E-state index in [1.54, 1.807) is 18.2 Å². The van der Waals surface area contributed by atoms with Crippen LogP contribution in [0.25, 0.3) is 0 Å². The Labute approximate surface area is 75.2 Å². The summed E-state index contributed by atoms with van der Waals surface area (Å²) < 4.78 is 4.96. The van der Waals surface area contributed by atoms with Gasteiger partial charge in [-0.3, -0.25) is 0 Å². The molecule has 1 aromatic carbocycles. The van der Waals surface area contributed by atoms with Crippen molar-refractivity contribution in [3.63, 3.8) is 0 Å². The first-order chi connectivity index (χ1) is 5.25. The fourth-order valence-electron chi connectivity index (χ4n) is 0.665. The lowest BCUT2D eigenvalue weighted by atomic mass is 10.3. The van der Waals surface area contributed by atoms with Crippen LogP contribution in [0, 0.1) is 0 Å². The van der Waals surface area contributed by atoms with Gasteiger partial charge in [-0.25, -0.2) is 0 Å². The van der Waals surface area contributed by atoms with Crippen molar-refractivity contribution in [1.82, 2.24) is 0 Å². The molecule has 0 unspecified atom stereocenters. The molecule has 0 amide bonds. The normalized spacial score (nSPS) is 9.27. The maximum atomic E-state index is 5.77. The summed E-state index contributed by atoms with van der Waals surface area (Å²) in [6.07, 6.45) is 1.30. The van der Waals surface area contributed by atoms with Crippen molar-refractivity contribution < 1.29 is 4.74 Å². The van der Waals surface area contributed by atoms with Gasteiger partial charge in [-0.15, -0.1) is 0 Å². The van der Waals surface area contributed by atoms with Gasteiger partial charge in [-0.1, -0.05) is 35.8 Å². The van der Waals surface area contributed by atoms with Gasteiger partial charge >= 0.3 is 0 Å². The highest BCUT2D eigenvalue weighted by molar-refractivity contribution is 6.42. The lowest BCUT2D eigenvalue weighted by Crippen LogP contribution is -1.81. The van der Waals surface area contributed by atoms with E-state index in [-0.39, 0.29) is 0 Å². The highest BCUT2D eigenvalue weighted by Crippen LogP contribution is 2.31. The van der Waals surface area contributed by atoms with Crippen molar-refractivity contribution in [2.45, 2.75) is 0 Å². The van der Waals surface area contributed by atoms with E-state index in [1.165, 1.54) is 6.26 Å². The van der Waals surface area contributed by atoms with Crippen molar-refractivity contribution in [1.29, 1.82) is 0 Å². The van der Waals surface area contributed by atoms with Gasteiger partial charge in [0.05, 0.1) is 11.3 Å². The minimum Gasteiger partial charge on any atom is -0.464 e. The van der Waals surface area contributed by atoms with Crippen molar-refractivity contribution >= 4 is 23.2 Å². The van der Waals surface area contributed by atoms with Crippen LogP contribution in [-0.4, -0.2) is 0 Å². The molecule has 0 atom stereocenters. The summed E-state index contributed by atoms with van der Waals surface area (Å²) in [6, 6.07) is 5.17. The third kappa shape index (κ3) is 1.88. The number of rotatable bonds is 2. The molecule has 0 aliphatic carbocycles. The molecular formula is C8H6Cl2O. The molecule has 1 aromatic rings. The zero-order valence-corrected chi connectivity index (χ0v) is 7.19. The molecule has 1 rings (SSSR count). The Kier molecular flexibility index (Phi) is 2.80. The molecule has 0 radical (unpaired) electrons. The Bertz CT molecular complexity index is 271. The first-order valence-electron chi connectivity index (χ1n) is 2.97. The van der Waals surface area contributed by atoms with Crippen molar-refractivity contribution in [3.05, 3.63) is 41.1 Å². The molecule has 0 saturated heterocycles. The van der Waals surface area contributed by atoms with Crippen LogP contribution in [0.4, 0.5) is 0 Å². The molecule has 0 aliphatic heterocycles. The molecule has 58 valence electrons. The Morgan fingerprint density at radius 2 is 2.09 bits per heavy atom. The van der Waals surface area contributed by atoms with E-state index in [0.717, 1.165) is 0 Å². The van der Waals surface area contributed by atoms with Gasteiger partial charge in [0.2, 0.25) is 0 Å². The van der Waals surface area contributed by atoms with Crippen molar-refractivity contribution in [2.24, 2.45) is 0 Å². The van der Waals surface area contributed by atoms with E-state index in [0.29, 0.717) is 15.8 Å². The molecule has 0 fully saturated rings. The van der Waals surface area contributed by atoms with E-state index in [9.17, 15) is 0 Å². The predicted octanol–water partition coefficient (Wildman–Crippen LogP) is 3.52. The highest BCUT2D eigenvalue weighted by Gasteiger charge is 2.02. The zero-order valence-electron chi connectivity index (χ0n) is 5.68. The molecule has 0 heterocycles. The zero-order chi connectivity index (χ0) is 8.27. The van der Waals surface area contributed by atoms with Crippen LogP contribution in [-0.2, 0) is 0 Å². The molecule has 0 bridgehead atoms. The summed E-state index contributed by atoms with van der Waals surface area (Å²) >= 11 is 11.5. The average Bonchev–Trinajstić information content (AvgIpc) is 1.99. The average molecular weight is 189 g/mol. The highest BCUT2D eigenvalue weighted by atomic mass is 35.5. The van der Waals surface area contributed by atoms with Crippen LogP contribution in [0.3, 0.4) is 0 Å². The van der Waals surface area contributed by atoms with E-state index in [4.69, 9.17) is 27.9 Å². The molecule has 11 heavy (non-hydrogen) atoms. The van der Waals surface area contributed by atoms with Gasteiger partial charge in [-0.05, 0) is 12.1 Å². The quantitative estimate of drug-likeness (QED) is 0.646. The van der Waals surface area contributed by atoms with Crippen LogP contribution >= 0.6 is 23.2 Å². The molecule has 0 aromatic heterocycles. The van der Waals surface area contributed by atoms with E-state index < -0.39 is 0 Å². The van der Waals surface area contributed by atoms with Crippen LogP contribution < -0.4 is 4.74 Å². The number of ether oxygens (including phenoxy) is 1. The first kappa shape index (κ1) is 8.44. The molecule has 1 nitrogen and oxygen atoms in total. The molecule has 3 heteroatoms. The third-order valence-corrected chi connectivity index (χ3v) is 1.93. The number of hydrogen-bond acceptors (Lipinski definition) is 1. The van der Waals surface area contributed by atoms with E-state index in [1.807, 2.05) is 0 Å². The molecule has 0 spiro atoms. The summed E-state index contributed by atoms with van der Waals surface area (Å²) in [5.74, 6) is 0.522. The lowest BCUT2D eigenvalue weighted by Gasteiger charge is -2.02. The van der Waals surface area contributed by atoms with Gasteiger partial charge in [-0.2, -0.15) is 0 Å². The van der Waals surface area contributed by atoms with Crippen molar-refractivity contribution in [3.8, 4) is 5.75 Å². The van der Waals surface area contributed by atoms with Gasteiger partial charge in [0, 0.05) is 0 Å². The molecule has 0 saturated carbocycles. The topological polar surface area (TPSA) is 9.23 Å². The smallest absolute Gasteiger partial charge is 0.146 e. The number of halogens is 2. The molecule has 0 aliphatic rings. The summed E-state index contributed by atoms with van der Waals surface area (Å²) in [6.45, 7) is 3.40. The number of benzene rings is 1. The van der Waals surface area contributed by atoms with Gasteiger partial charge in [0.25, 0.3) is 0 Å². The monoisotopic (exact) mass is 188 g/mol. The van der Waals surface area contributed by atoms with Crippen LogP contribution in [0.5, 0.6) is 5.75 Å². The molecule has 0 N–H and O–H groups in total. The Morgan fingerprint density at radius 3 is 2.73 bits per heavy atom. The van der Waals surface area contributed by atoms with Crippen LogP contribution in [0.1, 0.15) is 0 Å². The minimum absolute atomic E-state index is 0.411. The standard InChI is InChI=1S/C8H6Cl2O/c1-2-11-7-5-3-4-6(9)8(7)10/h2-5H,1H2. The number of hydrogen-bond donors (Lipinski definition) is 0. The maximum Gasteiger partial charge on any atom is 0.146 e. The first-order valence-corrected chi connectivity index (χ1v) is 3.73. The SMILES string of the molecule is C=COc1cccc(Cl)c1Cl. The van der Waals surface area contributed by atoms with Gasteiger partial charge in [0.15, 0.2) is 0 Å². The Morgan fingerprint density at radius 1 is 1.36 bits per heavy atom. The van der Waals surface area contributed by atoms with Crippen molar-refractivity contribution in [2.75, 3.05) is 0 Å². The minimum atomic E-state index is 0.411. The summed E-state index contributed by atoms with van der Waals surface area (Å²) in [4.78, 5) is 0. The van der Waals surface area contributed by atoms with E-state index >= 15 is 0 Å². The predicted molar refractivity (Wildman–Crippen MR) is 47.3 cm³/mol. The fraction of sp³-hybridized carbons (Fsp3) is 0. The summed E-state index contributed by atoms with van der Waals surface area (Å²) in [7, 11) is 0. The molecular weight excluding hydrogens is 183 g/mol. The van der Waals surface area contributed by atoms with Crippen LogP contribution in [0.2, 0.25) is 10.0 Å². The summed E-state index contributed by atoms with van der Waals surface area (Å²) in [5, 5.41) is 0.889. The fourth-order valence-corrected chi connectivity index (χ4v) is 1.00. The Balaban J connectivity index is 3.05.